The minimum atomic E-state index is -0.552. The van der Waals surface area contributed by atoms with Crippen LogP contribution in [0.4, 0.5) is 8.78 Å². The van der Waals surface area contributed by atoms with Crippen LogP contribution < -0.4 is 0 Å². The molecule has 0 spiro atoms. The van der Waals surface area contributed by atoms with Crippen molar-refractivity contribution in [1.29, 1.82) is 0 Å². The van der Waals surface area contributed by atoms with Crippen LogP contribution in [0, 0.1) is 11.6 Å². The van der Waals surface area contributed by atoms with E-state index < -0.39 is 11.6 Å². The third kappa shape index (κ3) is 3.11. The normalized spacial score (nSPS) is 10.4. The van der Waals surface area contributed by atoms with Gasteiger partial charge in [-0.25, -0.2) is 8.78 Å². The fraction of sp³-hybridized carbons (Fsp3) is 0.400. The third-order valence-electron chi connectivity index (χ3n) is 1.87. The number of aliphatic hydroxyl groups is 1. The van der Waals surface area contributed by atoms with Gasteiger partial charge in [0, 0.05) is 12.7 Å². The zero-order valence-corrected chi connectivity index (χ0v) is 7.26. The molecule has 0 aliphatic heterocycles. The lowest BCUT2D eigenvalue weighted by Crippen LogP contribution is -1.93. The van der Waals surface area contributed by atoms with Crippen molar-refractivity contribution in [3.8, 4) is 0 Å². The highest BCUT2D eigenvalue weighted by Gasteiger charge is 2.02. The number of hydrogen-bond donors (Lipinski definition) is 1. The van der Waals surface area contributed by atoms with Crippen molar-refractivity contribution >= 4 is 0 Å². The third-order valence-corrected chi connectivity index (χ3v) is 1.87. The first-order valence-electron chi connectivity index (χ1n) is 4.29. The van der Waals surface area contributed by atoms with E-state index in [2.05, 4.69) is 0 Å². The molecule has 1 N–H and O–H groups in total. The molecule has 0 aliphatic carbocycles. The molecule has 13 heavy (non-hydrogen) atoms. The molecule has 1 nitrogen and oxygen atoms in total. The molecule has 1 aromatic carbocycles. The summed E-state index contributed by atoms with van der Waals surface area (Å²) in [7, 11) is 0. The van der Waals surface area contributed by atoms with Crippen molar-refractivity contribution in [2.75, 3.05) is 6.61 Å². The molecule has 0 aliphatic rings. The molecule has 0 bridgehead atoms. The van der Waals surface area contributed by atoms with Crippen molar-refractivity contribution in [2.24, 2.45) is 0 Å². The fourth-order valence-electron chi connectivity index (χ4n) is 1.15. The highest BCUT2D eigenvalue weighted by molar-refractivity contribution is 5.18. The maximum absolute atomic E-state index is 13.0. The SMILES string of the molecule is OCCCCc1ccc(F)cc1F. The number of benzene rings is 1. The molecule has 1 aromatic rings. The summed E-state index contributed by atoms with van der Waals surface area (Å²) in [5, 5.41) is 8.50. The standard InChI is InChI=1S/C10H12F2O/c11-9-5-4-8(10(12)7-9)3-1-2-6-13/h4-5,7,13H,1-3,6H2. The van der Waals surface area contributed by atoms with Gasteiger partial charge in [-0.15, -0.1) is 0 Å². The van der Waals surface area contributed by atoms with Gasteiger partial charge in [0.2, 0.25) is 0 Å². The Bertz CT molecular complexity index is 274. The van der Waals surface area contributed by atoms with Crippen LogP contribution in [0.1, 0.15) is 18.4 Å². The molecule has 0 aromatic heterocycles. The first-order valence-corrected chi connectivity index (χ1v) is 4.29. The van der Waals surface area contributed by atoms with Crippen LogP contribution >= 0.6 is 0 Å². The van der Waals surface area contributed by atoms with E-state index in [1.54, 1.807) is 0 Å². The Kier molecular flexibility index (Phi) is 3.83. The summed E-state index contributed by atoms with van der Waals surface area (Å²) < 4.78 is 25.4. The van der Waals surface area contributed by atoms with Crippen LogP contribution in [0.5, 0.6) is 0 Å². The van der Waals surface area contributed by atoms with Crippen LogP contribution in [-0.4, -0.2) is 11.7 Å². The molecule has 0 amide bonds. The lowest BCUT2D eigenvalue weighted by Gasteiger charge is -2.01. The number of unbranched alkanes of at least 4 members (excludes halogenated alkanes) is 1. The van der Waals surface area contributed by atoms with Crippen molar-refractivity contribution in [2.45, 2.75) is 19.3 Å². The number of aliphatic hydroxyl groups excluding tert-OH is 1. The van der Waals surface area contributed by atoms with E-state index in [9.17, 15) is 8.78 Å². The Morgan fingerprint density at radius 1 is 1.15 bits per heavy atom. The number of halogens is 2. The van der Waals surface area contributed by atoms with Gasteiger partial charge < -0.3 is 5.11 Å². The van der Waals surface area contributed by atoms with E-state index in [1.165, 1.54) is 12.1 Å². The van der Waals surface area contributed by atoms with Crippen LogP contribution in [0.25, 0.3) is 0 Å². The fourth-order valence-corrected chi connectivity index (χ4v) is 1.15. The number of rotatable bonds is 4. The van der Waals surface area contributed by atoms with Crippen molar-refractivity contribution in [3.05, 3.63) is 35.4 Å². The Morgan fingerprint density at radius 3 is 2.54 bits per heavy atom. The predicted octanol–water partition coefficient (Wildman–Crippen LogP) is 2.28. The van der Waals surface area contributed by atoms with E-state index in [-0.39, 0.29) is 6.61 Å². The molecule has 1 rings (SSSR count). The van der Waals surface area contributed by atoms with Crippen LogP contribution in [0.2, 0.25) is 0 Å². The summed E-state index contributed by atoms with van der Waals surface area (Å²) in [6.45, 7) is 0.114. The Hall–Kier alpha value is -0.960. The molecule has 0 saturated carbocycles. The quantitative estimate of drug-likeness (QED) is 0.715. The predicted molar refractivity (Wildman–Crippen MR) is 46.4 cm³/mol. The van der Waals surface area contributed by atoms with E-state index in [0.29, 0.717) is 18.4 Å². The molecule has 0 heterocycles. The van der Waals surface area contributed by atoms with Gasteiger partial charge in [-0.2, -0.15) is 0 Å². The summed E-state index contributed by atoms with van der Waals surface area (Å²) in [5.41, 5.74) is 0.509. The van der Waals surface area contributed by atoms with Gasteiger partial charge in [0.1, 0.15) is 11.6 Å². The monoisotopic (exact) mass is 186 g/mol. The van der Waals surface area contributed by atoms with E-state index in [1.807, 2.05) is 0 Å². The van der Waals surface area contributed by atoms with Crippen molar-refractivity contribution in [3.63, 3.8) is 0 Å². The second-order valence-electron chi connectivity index (χ2n) is 2.92. The van der Waals surface area contributed by atoms with Crippen LogP contribution in [0.3, 0.4) is 0 Å². The first kappa shape index (κ1) is 10.1. The minimum absolute atomic E-state index is 0.114. The summed E-state index contributed by atoms with van der Waals surface area (Å²) in [6.07, 6.45) is 1.92. The number of aryl methyl sites for hydroxylation is 1. The van der Waals surface area contributed by atoms with Crippen LogP contribution in [-0.2, 0) is 6.42 Å². The molecule has 72 valence electrons. The lowest BCUT2D eigenvalue weighted by molar-refractivity contribution is 0.284. The Balaban J connectivity index is 2.56. The average molecular weight is 186 g/mol. The van der Waals surface area contributed by atoms with Crippen molar-refractivity contribution in [1.82, 2.24) is 0 Å². The van der Waals surface area contributed by atoms with Crippen LogP contribution in [0.15, 0.2) is 18.2 Å². The zero-order chi connectivity index (χ0) is 9.68. The van der Waals surface area contributed by atoms with E-state index >= 15 is 0 Å². The maximum atomic E-state index is 13.0. The molecular formula is C10H12F2O. The van der Waals surface area contributed by atoms with Gasteiger partial charge in [-0.3, -0.25) is 0 Å². The van der Waals surface area contributed by atoms with Gasteiger partial charge in [0.15, 0.2) is 0 Å². The summed E-state index contributed by atoms with van der Waals surface area (Å²) in [5.74, 6) is -1.05. The molecule has 0 atom stereocenters. The van der Waals surface area contributed by atoms with E-state index in [4.69, 9.17) is 5.11 Å². The Morgan fingerprint density at radius 2 is 1.92 bits per heavy atom. The zero-order valence-electron chi connectivity index (χ0n) is 7.26. The van der Waals surface area contributed by atoms with Gasteiger partial charge in [-0.1, -0.05) is 6.07 Å². The second-order valence-corrected chi connectivity index (χ2v) is 2.92. The summed E-state index contributed by atoms with van der Waals surface area (Å²) in [6, 6.07) is 3.58. The molecule has 0 saturated heterocycles. The molecular weight excluding hydrogens is 174 g/mol. The first-order chi connectivity index (χ1) is 6.24. The van der Waals surface area contributed by atoms with E-state index in [0.717, 1.165) is 12.5 Å². The smallest absolute Gasteiger partial charge is 0.129 e. The largest absolute Gasteiger partial charge is 0.396 e. The second kappa shape index (κ2) is 4.92. The average Bonchev–Trinajstić information content (AvgIpc) is 2.09. The van der Waals surface area contributed by atoms with Gasteiger partial charge >= 0.3 is 0 Å². The topological polar surface area (TPSA) is 20.2 Å². The summed E-state index contributed by atoms with van der Waals surface area (Å²) in [4.78, 5) is 0. The molecule has 0 fully saturated rings. The Labute approximate surface area is 76.0 Å². The van der Waals surface area contributed by atoms with Gasteiger partial charge in [0.05, 0.1) is 0 Å². The minimum Gasteiger partial charge on any atom is -0.396 e. The summed E-state index contributed by atoms with van der Waals surface area (Å²) >= 11 is 0. The van der Waals surface area contributed by atoms with Gasteiger partial charge in [-0.05, 0) is 30.9 Å². The molecule has 3 heteroatoms. The maximum Gasteiger partial charge on any atom is 0.129 e. The lowest BCUT2D eigenvalue weighted by atomic mass is 10.1. The molecule has 0 unspecified atom stereocenters. The molecule has 0 radical (unpaired) electrons. The highest BCUT2D eigenvalue weighted by atomic mass is 19.1. The highest BCUT2D eigenvalue weighted by Crippen LogP contribution is 2.12. The van der Waals surface area contributed by atoms with Crippen molar-refractivity contribution < 1.29 is 13.9 Å². The number of hydrogen-bond acceptors (Lipinski definition) is 1. The van der Waals surface area contributed by atoms with Gasteiger partial charge in [0.25, 0.3) is 0 Å².